The molecule has 0 atom stereocenters. The minimum absolute atomic E-state index is 0.172. The van der Waals surface area contributed by atoms with Crippen LogP contribution in [0.5, 0.6) is 5.75 Å². The van der Waals surface area contributed by atoms with Gasteiger partial charge in [0, 0.05) is 24.7 Å². The molecular formula is C22H23N3O5S. The summed E-state index contributed by atoms with van der Waals surface area (Å²) in [6.07, 6.45) is 1.62. The zero-order chi connectivity index (χ0) is 21.3. The molecule has 0 amide bonds. The van der Waals surface area contributed by atoms with Gasteiger partial charge in [-0.05, 0) is 49.2 Å². The average Bonchev–Trinajstić information content (AvgIpc) is 3.28. The molecule has 0 radical (unpaired) electrons. The highest BCUT2D eigenvalue weighted by Crippen LogP contribution is 2.29. The van der Waals surface area contributed by atoms with Crippen LogP contribution in [0.15, 0.2) is 64.0 Å². The SMILES string of the molecule is O=S(=O)(c1ccccc1)N1CC(Oc2ccc(-c3noc(C4CCOCC4)n3)cc2)C1. The summed E-state index contributed by atoms with van der Waals surface area (Å²) in [6, 6.07) is 15.9. The molecule has 5 rings (SSSR count). The van der Waals surface area contributed by atoms with Crippen LogP contribution in [0.1, 0.15) is 24.7 Å². The molecule has 2 aliphatic heterocycles. The number of benzene rings is 2. The monoisotopic (exact) mass is 441 g/mol. The molecule has 2 aromatic carbocycles. The Hall–Kier alpha value is -2.75. The van der Waals surface area contributed by atoms with Gasteiger partial charge in [-0.1, -0.05) is 23.4 Å². The van der Waals surface area contributed by atoms with Crippen molar-refractivity contribution in [2.24, 2.45) is 0 Å². The fourth-order valence-electron chi connectivity index (χ4n) is 3.75. The van der Waals surface area contributed by atoms with Crippen molar-refractivity contribution in [3.63, 3.8) is 0 Å². The van der Waals surface area contributed by atoms with Gasteiger partial charge in [-0.15, -0.1) is 0 Å². The highest BCUT2D eigenvalue weighted by atomic mass is 32.2. The number of sulfonamides is 1. The summed E-state index contributed by atoms with van der Waals surface area (Å²) in [5.41, 5.74) is 0.844. The van der Waals surface area contributed by atoms with E-state index < -0.39 is 10.0 Å². The molecule has 9 heteroatoms. The van der Waals surface area contributed by atoms with Gasteiger partial charge >= 0.3 is 0 Å². The Morgan fingerprint density at radius 1 is 0.968 bits per heavy atom. The van der Waals surface area contributed by atoms with Crippen molar-refractivity contribution in [1.29, 1.82) is 0 Å². The molecule has 0 spiro atoms. The smallest absolute Gasteiger partial charge is 0.243 e. The number of aromatic nitrogens is 2. The first kappa shape index (κ1) is 20.2. The van der Waals surface area contributed by atoms with Crippen LogP contribution in [0.4, 0.5) is 0 Å². The Morgan fingerprint density at radius 3 is 2.39 bits per heavy atom. The van der Waals surface area contributed by atoms with Gasteiger partial charge in [0.1, 0.15) is 11.9 Å². The van der Waals surface area contributed by atoms with Gasteiger partial charge in [0.2, 0.25) is 21.7 Å². The first-order chi connectivity index (χ1) is 15.1. The van der Waals surface area contributed by atoms with Crippen LogP contribution in [-0.4, -0.2) is 55.3 Å². The highest BCUT2D eigenvalue weighted by Gasteiger charge is 2.38. The topological polar surface area (TPSA) is 94.8 Å². The van der Waals surface area contributed by atoms with E-state index in [1.165, 1.54) is 4.31 Å². The molecule has 0 unspecified atom stereocenters. The van der Waals surface area contributed by atoms with E-state index in [9.17, 15) is 8.42 Å². The summed E-state index contributed by atoms with van der Waals surface area (Å²) in [5.74, 6) is 2.15. The van der Waals surface area contributed by atoms with Crippen molar-refractivity contribution >= 4 is 10.0 Å². The third-order valence-electron chi connectivity index (χ3n) is 5.62. The first-order valence-corrected chi connectivity index (χ1v) is 11.8. The molecule has 0 bridgehead atoms. The third-order valence-corrected chi connectivity index (χ3v) is 7.47. The van der Waals surface area contributed by atoms with Crippen LogP contribution in [0, 0.1) is 0 Å². The molecule has 0 N–H and O–H groups in total. The van der Waals surface area contributed by atoms with Gasteiger partial charge in [-0.3, -0.25) is 0 Å². The van der Waals surface area contributed by atoms with Crippen molar-refractivity contribution in [1.82, 2.24) is 14.4 Å². The fraction of sp³-hybridized carbons (Fsp3) is 0.364. The fourth-order valence-corrected chi connectivity index (χ4v) is 5.28. The number of rotatable bonds is 6. The normalized spacial score (nSPS) is 18.6. The summed E-state index contributed by atoms with van der Waals surface area (Å²) in [7, 11) is -3.46. The molecular weight excluding hydrogens is 418 g/mol. The molecule has 0 aliphatic carbocycles. The number of nitrogens with zero attached hydrogens (tertiary/aromatic N) is 3. The molecule has 2 fully saturated rings. The van der Waals surface area contributed by atoms with Crippen molar-refractivity contribution in [2.45, 2.75) is 29.8 Å². The van der Waals surface area contributed by atoms with Crippen LogP contribution in [-0.2, 0) is 14.8 Å². The summed E-state index contributed by atoms with van der Waals surface area (Å²) in [6.45, 7) is 2.11. The van der Waals surface area contributed by atoms with Crippen LogP contribution in [0.3, 0.4) is 0 Å². The minimum atomic E-state index is -3.46. The predicted molar refractivity (Wildman–Crippen MR) is 112 cm³/mol. The minimum Gasteiger partial charge on any atom is -0.488 e. The summed E-state index contributed by atoms with van der Waals surface area (Å²) >= 11 is 0. The average molecular weight is 442 g/mol. The number of ether oxygens (including phenoxy) is 2. The second-order valence-electron chi connectivity index (χ2n) is 7.74. The molecule has 2 saturated heterocycles. The van der Waals surface area contributed by atoms with E-state index >= 15 is 0 Å². The van der Waals surface area contributed by atoms with Crippen LogP contribution < -0.4 is 4.74 Å². The lowest BCUT2D eigenvalue weighted by molar-refractivity contribution is 0.0762. The molecule has 1 aromatic heterocycles. The zero-order valence-electron chi connectivity index (χ0n) is 16.9. The van der Waals surface area contributed by atoms with E-state index in [0.717, 1.165) is 31.6 Å². The molecule has 3 heterocycles. The van der Waals surface area contributed by atoms with Gasteiger partial charge in [0.25, 0.3) is 0 Å². The Morgan fingerprint density at radius 2 is 1.68 bits per heavy atom. The quantitative estimate of drug-likeness (QED) is 0.580. The van der Waals surface area contributed by atoms with Gasteiger partial charge < -0.3 is 14.0 Å². The van der Waals surface area contributed by atoms with E-state index in [1.54, 1.807) is 30.3 Å². The second kappa shape index (κ2) is 8.41. The van der Waals surface area contributed by atoms with Crippen molar-refractivity contribution < 1.29 is 22.4 Å². The molecule has 8 nitrogen and oxygen atoms in total. The van der Waals surface area contributed by atoms with Gasteiger partial charge in [-0.25, -0.2) is 8.42 Å². The van der Waals surface area contributed by atoms with Crippen molar-refractivity contribution in [3.8, 4) is 17.1 Å². The molecule has 3 aromatic rings. The lowest BCUT2D eigenvalue weighted by Crippen LogP contribution is -2.55. The summed E-state index contributed by atoms with van der Waals surface area (Å²) < 4.78 is 43.3. The molecule has 31 heavy (non-hydrogen) atoms. The van der Waals surface area contributed by atoms with Crippen molar-refractivity contribution in [3.05, 3.63) is 60.5 Å². The lowest BCUT2D eigenvalue weighted by atomic mass is 10.0. The third kappa shape index (κ3) is 4.21. The molecule has 0 saturated carbocycles. The van der Waals surface area contributed by atoms with Gasteiger partial charge in [0.15, 0.2) is 0 Å². The Kier molecular flexibility index (Phi) is 5.47. The lowest BCUT2D eigenvalue weighted by Gasteiger charge is -2.37. The van der Waals surface area contributed by atoms with E-state index in [4.69, 9.17) is 14.0 Å². The number of hydrogen-bond acceptors (Lipinski definition) is 7. The first-order valence-electron chi connectivity index (χ1n) is 10.3. The van der Waals surface area contributed by atoms with Crippen LogP contribution in [0.25, 0.3) is 11.4 Å². The second-order valence-corrected chi connectivity index (χ2v) is 9.68. The highest BCUT2D eigenvalue weighted by molar-refractivity contribution is 7.89. The van der Waals surface area contributed by atoms with Crippen LogP contribution in [0.2, 0.25) is 0 Å². The predicted octanol–water partition coefficient (Wildman–Crippen LogP) is 3.08. The van der Waals surface area contributed by atoms with Crippen molar-refractivity contribution in [2.75, 3.05) is 26.3 Å². The Labute approximate surface area is 180 Å². The Balaban J connectivity index is 1.18. The number of hydrogen-bond donors (Lipinski definition) is 0. The van der Waals surface area contributed by atoms with Crippen LogP contribution >= 0.6 is 0 Å². The zero-order valence-corrected chi connectivity index (χ0v) is 17.7. The van der Waals surface area contributed by atoms with E-state index in [2.05, 4.69) is 10.1 Å². The maximum atomic E-state index is 12.6. The van der Waals surface area contributed by atoms with Gasteiger partial charge in [0.05, 0.1) is 18.0 Å². The van der Waals surface area contributed by atoms with E-state index in [0.29, 0.717) is 35.4 Å². The Bertz CT molecular complexity index is 1120. The maximum Gasteiger partial charge on any atom is 0.243 e. The molecule has 2 aliphatic rings. The summed E-state index contributed by atoms with van der Waals surface area (Å²) in [4.78, 5) is 4.84. The van der Waals surface area contributed by atoms with E-state index in [-0.39, 0.29) is 12.0 Å². The maximum absolute atomic E-state index is 12.6. The largest absolute Gasteiger partial charge is 0.488 e. The van der Waals surface area contributed by atoms with Gasteiger partial charge in [-0.2, -0.15) is 9.29 Å². The standard InChI is InChI=1S/C22H23N3O5S/c26-31(27,20-4-2-1-3-5-20)25-14-19(15-25)29-18-8-6-16(7-9-18)21-23-22(30-24-21)17-10-12-28-13-11-17/h1-9,17,19H,10-15H2. The summed E-state index contributed by atoms with van der Waals surface area (Å²) in [5, 5.41) is 4.10. The van der Waals surface area contributed by atoms with E-state index in [1.807, 2.05) is 24.3 Å². The molecule has 162 valence electrons.